The second-order valence-electron chi connectivity index (χ2n) is 4.56. The van der Waals surface area contributed by atoms with Crippen molar-refractivity contribution >= 4 is 11.0 Å². The highest BCUT2D eigenvalue weighted by Crippen LogP contribution is 2.16. The fourth-order valence-corrected chi connectivity index (χ4v) is 1.66. The van der Waals surface area contributed by atoms with E-state index in [0.717, 1.165) is 12.3 Å². The van der Waals surface area contributed by atoms with Gasteiger partial charge in [0.15, 0.2) is 5.82 Å². The second kappa shape index (κ2) is 5.79. The van der Waals surface area contributed by atoms with Gasteiger partial charge in [-0.15, -0.1) is 0 Å². The number of ether oxygens (including phenoxy) is 1. The smallest absolute Gasteiger partial charge is 0.270 e. The minimum atomic E-state index is 0.456. The Bertz CT molecular complexity index is 572. The maximum atomic E-state index is 11.7. The Morgan fingerprint density at radius 2 is 2.16 bits per heavy atom. The van der Waals surface area contributed by atoms with Gasteiger partial charge in [0.1, 0.15) is 17.9 Å². The van der Waals surface area contributed by atoms with E-state index in [1.54, 1.807) is 18.2 Å². The summed E-state index contributed by atoms with van der Waals surface area (Å²) in [7, 11) is 3.98. The first-order chi connectivity index (χ1) is 9.10. The first kappa shape index (κ1) is 13.5. The molecule has 2 rings (SSSR count). The molecule has 0 amide bonds. The van der Waals surface area contributed by atoms with E-state index < -0.39 is 0 Å². The van der Waals surface area contributed by atoms with Crippen LogP contribution >= 0.6 is 0 Å². The van der Waals surface area contributed by atoms with Crippen LogP contribution in [0.15, 0.2) is 18.2 Å². The summed E-state index contributed by atoms with van der Waals surface area (Å²) < 4.78 is 5.62. The van der Waals surface area contributed by atoms with Gasteiger partial charge in [0.2, 0.25) is 0 Å². The average molecular weight is 262 g/mol. The summed E-state index contributed by atoms with van der Waals surface area (Å²) in [5, 5.41) is 15.5. The molecule has 2 aromatic rings. The van der Waals surface area contributed by atoms with E-state index in [-0.39, 0.29) is 0 Å². The maximum Gasteiger partial charge on any atom is 0.270 e. The summed E-state index contributed by atoms with van der Waals surface area (Å²) in [4.78, 5) is 7.00. The topological polar surface area (TPSA) is 65.2 Å². The van der Waals surface area contributed by atoms with E-state index in [0.29, 0.717) is 34.7 Å². The van der Waals surface area contributed by atoms with Crippen LogP contribution in [0.1, 0.15) is 12.7 Å². The van der Waals surface area contributed by atoms with Crippen molar-refractivity contribution < 1.29 is 9.58 Å². The Balaban J connectivity index is 2.24. The summed E-state index contributed by atoms with van der Waals surface area (Å²) >= 11 is 0. The highest BCUT2D eigenvalue weighted by Gasteiger charge is 2.10. The molecule has 1 heterocycles. The van der Waals surface area contributed by atoms with Gasteiger partial charge in [-0.3, -0.25) is 0 Å². The van der Waals surface area contributed by atoms with Crippen LogP contribution in [0.2, 0.25) is 0 Å². The molecule has 0 bridgehead atoms. The largest absolute Gasteiger partial charge is 0.594 e. The van der Waals surface area contributed by atoms with Gasteiger partial charge in [-0.1, -0.05) is 6.92 Å². The molecule has 19 heavy (non-hydrogen) atoms. The zero-order valence-electron chi connectivity index (χ0n) is 11.5. The van der Waals surface area contributed by atoms with Crippen LogP contribution in [0, 0.1) is 5.21 Å². The number of hydrogen-bond acceptors (Lipinski definition) is 5. The first-order valence-electron chi connectivity index (χ1n) is 6.28. The molecular weight excluding hydrogens is 244 g/mol. The lowest BCUT2D eigenvalue weighted by Gasteiger charge is -2.11. The SMILES string of the molecule is CCc1nc2cc(OCCN(C)C)ccc2[n+]([O-])n1. The highest BCUT2D eigenvalue weighted by atomic mass is 16.5. The van der Waals surface area contributed by atoms with Crippen LogP contribution in [-0.2, 0) is 6.42 Å². The van der Waals surface area contributed by atoms with Crippen molar-refractivity contribution in [3.8, 4) is 5.75 Å². The van der Waals surface area contributed by atoms with Crippen LogP contribution in [0.5, 0.6) is 5.75 Å². The predicted octanol–water partition coefficient (Wildman–Crippen LogP) is 0.766. The number of aryl methyl sites for hydroxylation is 1. The molecule has 0 saturated carbocycles. The zero-order chi connectivity index (χ0) is 13.8. The van der Waals surface area contributed by atoms with Gasteiger partial charge in [0, 0.05) is 30.2 Å². The molecule has 102 valence electrons. The molecule has 0 aliphatic carbocycles. The van der Waals surface area contributed by atoms with Crippen LogP contribution in [-0.4, -0.2) is 42.2 Å². The van der Waals surface area contributed by atoms with Crippen molar-refractivity contribution in [2.75, 3.05) is 27.2 Å². The van der Waals surface area contributed by atoms with Gasteiger partial charge in [-0.25, -0.2) is 4.98 Å². The van der Waals surface area contributed by atoms with Crippen molar-refractivity contribution in [1.29, 1.82) is 0 Å². The molecule has 0 fully saturated rings. The van der Waals surface area contributed by atoms with Crippen LogP contribution < -0.4 is 9.58 Å². The summed E-state index contributed by atoms with van der Waals surface area (Å²) in [6, 6.07) is 5.23. The lowest BCUT2D eigenvalue weighted by atomic mass is 10.3. The molecule has 0 spiro atoms. The monoisotopic (exact) mass is 262 g/mol. The highest BCUT2D eigenvalue weighted by molar-refractivity contribution is 5.72. The third kappa shape index (κ3) is 3.29. The Morgan fingerprint density at radius 1 is 1.37 bits per heavy atom. The quantitative estimate of drug-likeness (QED) is 0.588. The van der Waals surface area contributed by atoms with E-state index in [1.807, 2.05) is 25.9 Å². The van der Waals surface area contributed by atoms with E-state index in [9.17, 15) is 5.21 Å². The van der Waals surface area contributed by atoms with Crippen molar-refractivity contribution in [3.05, 3.63) is 29.2 Å². The van der Waals surface area contributed by atoms with E-state index >= 15 is 0 Å². The van der Waals surface area contributed by atoms with Crippen molar-refractivity contribution in [1.82, 2.24) is 15.0 Å². The number of rotatable bonds is 5. The predicted molar refractivity (Wildman–Crippen MR) is 71.9 cm³/mol. The van der Waals surface area contributed by atoms with Gasteiger partial charge in [-0.05, 0) is 25.0 Å². The Labute approximate surface area is 112 Å². The number of fused-ring (bicyclic) bond motifs is 1. The van der Waals surface area contributed by atoms with Crippen LogP contribution in [0.3, 0.4) is 0 Å². The fourth-order valence-electron chi connectivity index (χ4n) is 1.66. The van der Waals surface area contributed by atoms with Crippen molar-refractivity contribution in [3.63, 3.8) is 0 Å². The van der Waals surface area contributed by atoms with Gasteiger partial charge in [-0.2, -0.15) is 0 Å². The van der Waals surface area contributed by atoms with E-state index in [4.69, 9.17) is 4.74 Å². The molecule has 0 aliphatic heterocycles. The molecule has 1 aromatic carbocycles. The minimum absolute atomic E-state index is 0.456. The van der Waals surface area contributed by atoms with Gasteiger partial charge in [0.25, 0.3) is 5.52 Å². The lowest BCUT2D eigenvalue weighted by Crippen LogP contribution is -2.33. The molecule has 0 radical (unpaired) electrons. The van der Waals surface area contributed by atoms with E-state index in [1.165, 1.54) is 0 Å². The van der Waals surface area contributed by atoms with Crippen LogP contribution in [0.4, 0.5) is 0 Å². The molecule has 0 saturated heterocycles. The molecule has 0 unspecified atom stereocenters. The first-order valence-corrected chi connectivity index (χ1v) is 6.28. The Kier molecular flexibility index (Phi) is 4.11. The van der Waals surface area contributed by atoms with Gasteiger partial charge in [0.05, 0.1) is 0 Å². The molecule has 1 aromatic heterocycles. The third-order valence-electron chi connectivity index (χ3n) is 2.73. The van der Waals surface area contributed by atoms with Gasteiger partial charge >= 0.3 is 0 Å². The fraction of sp³-hybridized carbons (Fsp3) is 0.462. The number of aromatic nitrogens is 3. The summed E-state index contributed by atoms with van der Waals surface area (Å²) in [6.07, 6.45) is 0.629. The molecule has 0 atom stereocenters. The second-order valence-corrected chi connectivity index (χ2v) is 4.56. The normalized spacial score (nSPS) is 11.2. The number of benzene rings is 1. The summed E-state index contributed by atoms with van der Waals surface area (Å²) in [5.41, 5.74) is 1.07. The number of nitrogens with zero attached hydrogens (tertiary/aromatic N) is 4. The number of hydrogen-bond donors (Lipinski definition) is 0. The molecule has 6 nitrogen and oxygen atoms in total. The molecular formula is C13H18N4O2. The lowest BCUT2D eigenvalue weighted by molar-refractivity contribution is -0.644. The number of likely N-dealkylation sites (N-methyl/N-ethyl adjacent to an activating group) is 1. The molecule has 0 aliphatic rings. The zero-order valence-corrected chi connectivity index (χ0v) is 11.5. The Morgan fingerprint density at radius 3 is 2.84 bits per heavy atom. The summed E-state index contributed by atoms with van der Waals surface area (Å²) in [5.74, 6) is 1.25. The van der Waals surface area contributed by atoms with Crippen LogP contribution in [0.25, 0.3) is 11.0 Å². The Hall–Kier alpha value is -1.95. The maximum absolute atomic E-state index is 11.7. The minimum Gasteiger partial charge on any atom is -0.594 e. The van der Waals surface area contributed by atoms with Crippen molar-refractivity contribution in [2.45, 2.75) is 13.3 Å². The summed E-state index contributed by atoms with van der Waals surface area (Å²) in [6.45, 7) is 3.35. The van der Waals surface area contributed by atoms with Crippen molar-refractivity contribution in [2.24, 2.45) is 0 Å². The third-order valence-corrected chi connectivity index (χ3v) is 2.73. The standard InChI is InChI=1S/C13H18N4O2/c1-4-13-14-11-9-10(19-8-7-16(2)3)5-6-12(11)17(18)15-13/h5-6,9H,4,7-8H2,1-3H3. The molecule has 6 heteroatoms. The van der Waals surface area contributed by atoms with Gasteiger partial charge < -0.3 is 14.8 Å². The average Bonchev–Trinajstić information content (AvgIpc) is 2.37. The van der Waals surface area contributed by atoms with E-state index in [2.05, 4.69) is 10.1 Å². The molecule has 0 N–H and O–H groups in total.